The molecule has 0 aliphatic rings. The number of pyridine rings is 1. The van der Waals surface area contributed by atoms with Crippen LogP contribution in [0.15, 0.2) is 72.8 Å². The molecule has 0 saturated heterocycles. The third kappa shape index (κ3) is 4.73. The SMILES string of the molecule is Cc1ccc(-c2cc(C(=O)OCC(=O)c3ccc([N+](=O)[O-])cc3)c3cccc(Cl)c3n2)cc1. The zero-order valence-corrected chi connectivity index (χ0v) is 18.2. The second-order valence-electron chi connectivity index (χ2n) is 7.36. The summed E-state index contributed by atoms with van der Waals surface area (Å²) in [7, 11) is 0. The Bertz CT molecular complexity index is 1380. The number of nitro groups is 1. The number of carbonyl (C=O) groups is 2. The van der Waals surface area contributed by atoms with E-state index in [2.05, 4.69) is 4.98 Å². The van der Waals surface area contributed by atoms with Crippen molar-refractivity contribution in [3.63, 3.8) is 0 Å². The number of benzene rings is 3. The van der Waals surface area contributed by atoms with Gasteiger partial charge in [-0.2, -0.15) is 0 Å². The highest BCUT2D eigenvalue weighted by Crippen LogP contribution is 2.29. The smallest absolute Gasteiger partial charge is 0.339 e. The number of ether oxygens (including phenoxy) is 1. The van der Waals surface area contributed by atoms with Gasteiger partial charge in [0.2, 0.25) is 0 Å². The lowest BCUT2D eigenvalue weighted by atomic mass is 10.0. The molecule has 0 N–H and O–H groups in total. The lowest BCUT2D eigenvalue weighted by Gasteiger charge is -2.11. The average molecular weight is 461 g/mol. The van der Waals surface area contributed by atoms with Crippen LogP contribution in [0.25, 0.3) is 22.2 Å². The summed E-state index contributed by atoms with van der Waals surface area (Å²) in [6.45, 7) is 1.46. The molecule has 0 fully saturated rings. The minimum Gasteiger partial charge on any atom is -0.454 e. The molecule has 164 valence electrons. The lowest BCUT2D eigenvalue weighted by molar-refractivity contribution is -0.384. The molecular formula is C25H17ClN2O5. The van der Waals surface area contributed by atoms with E-state index >= 15 is 0 Å². The predicted octanol–water partition coefficient (Wildman–Crippen LogP) is 5.81. The van der Waals surface area contributed by atoms with Crippen LogP contribution in [0.3, 0.4) is 0 Å². The summed E-state index contributed by atoms with van der Waals surface area (Å²) in [4.78, 5) is 40.2. The molecule has 0 aliphatic carbocycles. The van der Waals surface area contributed by atoms with Gasteiger partial charge in [-0.1, -0.05) is 53.6 Å². The quantitative estimate of drug-likeness (QED) is 0.156. The third-order valence-corrected chi connectivity index (χ3v) is 5.40. The fourth-order valence-electron chi connectivity index (χ4n) is 3.32. The molecule has 4 aromatic rings. The van der Waals surface area contributed by atoms with Crippen LogP contribution in [0.5, 0.6) is 0 Å². The summed E-state index contributed by atoms with van der Waals surface area (Å²) in [5.74, 6) is -1.18. The highest BCUT2D eigenvalue weighted by molar-refractivity contribution is 6.35. The van der Waals surface area contributed by atoms with Crippen LogP contribution in [0.4, 0.5) is 5.69 Å². The number of carbonyl (C=O) groups excluding carboxylic acids is 2. The molecule has 3 aromatic carbocycles. The number of non-ortho nitro benzene ring substituents is 1. The van der Waals surface area contributed by atoms with E-state index in [0.29, 0.717) is 21.6 Å². The molecule has 0 aliphatic heterocycles. The number of aryl methyl sites for hydroxylation is 1. The number of halogens is 1. The summed E-state index contributed by atoms with van der Waals surface area (Å²) in [6.07, 6.45) is 0. The van der Waals surface area contributed by atoms with Crippen molar-refractivity contribution in [2.45, 2.75) is 6.92 Å². The number of nitrogens with zero attached hydrogens (tertiary/aromatic N) is 2. The normalized spacial score (nSPS) is 10.7. The standard InChI is InChI=1S/C25H17ClN2O5/c1-15-5-7-16(8-6-15)22-13-20(19-3-2-4-21(26)24(19)27-22)25(30)33-14-23(29)17-9-11-18(12-10-17)28(31)32/h2-13H,14H2,1H3. The van der Waals surface area contributed by atoms with E-state index < -0.39 is 23.3 Å². The number of ketones is 1. The van der Waals surface area contributed by atoms with Gasteiger partial charge in [0.1, 0.15) is 0 Å². The van der Waals surface area contributed by atoms with Crippen molar-refractivity contribution in [2.24, 2.45) is 0 Å². The Kier molecular flexibility index (Phi) is 6.15. The maximum Gasteiger partial charge on any atom is 0.339 e. The van der Waals surface area contributed by atoms with Crippen LogP contribution >= 0.6 is 11.6 Å². The fourth-order valence-corrected chi connectivity index (χ4v) is 3.53. The number of esters is 1. The lowest BCUT2D eigenvalue weighted by Crippen LogP contribution is -2.15. The third-order valence-electron chi connectivity index (χ3n) is 5.09. The highest BCUT2D eigenvalue weighted by atomic mass is 35.5. The van der Waals surface area contributed by atoms with Crippen molar-refractivity contribution in [3.05, 3.63) is 105 Å². The van der Waals surface area contributed by atoms with Crippen LogP contribution in [-0.4, -0.2) is 28.3 Å². The summed E-state index contributed by atoms with van der Waals surface area (Å²) in [5.41, 5.74) is 3.19. The summed E-state index contributed by atoms with van der Waals surface area (Å²) < 4.78 is 5.29. The van der Waals surface area contributed by atoms with Crippen LogP contribution in [0, 0.1) is 17.0 Å². The van der Waals surface area contributed by atoms with E-state index in [1.54, 1.807) is 24.3 Å². The van der Waals surface area contributed by atoms with Crippen LogP contribution in [0.1, 0.15) is 26.3 Å². The molecule has 1 heterocycles. The van der Waals surface area contributed by atoms with Gasteiger partial charge >= 0.3 is 5.97 Å². The van der Waals surface area contributed by atoms with E-state index in [1.165, 1.54) is 24.3 Å². The second kappa shape index (κ2) is 9.18. The Morgan fingerprint density at radius 3 is 2.39 bits per heavy atom. The summed E-state index contributed by atoms with van der Waals surface area (Å²) >= 11 is 6.34. The van der Waals surface area contributed by atoms with Crippen LogP contribution in [-0.2, 0) is 4.74 Å². The number of hydrogen-bond acceptors (Lipinski definition) is 6. The number of fused-ring (bicyclic) bond motifs is 1. The Hall–Kier alpha value is -4.10. The van der Waals surface area contributed by atoms with Gasteiger partial charge in [0, 0.05) is 28.6 Å². The van der Waals surface area contributed by atoms with Crippen LogP contribution in [0.2, 0.25) is 5.02 Å². The Balaban J connectivity index is 1.63. The van der Waals surface area contributed by atoms with Gasteiger partial charge in [0.15, 0.2) is 12.4 Å². The first kappa shape index (κ1) is 22.1. The summed E-state index contributed by atoms with van der Waals surface area (Å²) in [6, 6.07) is 19.5. The minimum atomic E-state index is -0.701. The van der Waals surface area contributed by atoms with E-state index in [4.69, 9.17) is 16.3 Å². The molecule has 7 nitrogen and oxygen atoms in total. The molecule has 0 radical (unpaired) electrons. The maximum absolute atomic E-state index is 13.0. The first-order valence-electron chi connectivity index (χ1n) is 9.94. The molecule has 0 amide bonds. The number of hydrogen-bond donors (Lipinski definition) is 0. The van der Waals surface area contributed by atoms with Crippen LogP contribution < -0.4 is 0 Å². The van der Waals surface area contributed by atoms with E-state index in [-0.39, 0.29) is 16.8 Å². The van der Waals surface area contributed by atoms with Crippen molar-refractivity contribution in [1.29, 1.82) is 0 Å². The number of nitro benzene ring substituents is 1. The van der Waals surface area contributed by atoms with Gasteiger partial charge in [0.25, 0.3) is 5.69 Å². The van der Waals surface area contributed by atoms with Crippen molar-refractivity contribution in [3.8, 4) is 11.3 Å². The first-order chi connectivity index (χ1) is 15.8. The fraction of sp³-hybridized carbons (Fsp3) is 0.0800. The number of para-hydroxylation sites is 1. The Morgan fingerprint density at radius 2 is 1.73 bits per heavy atom. The zero-order chi connectivity index (χ0) is 23.5. The monoisotopic (exact) mass is 460 g/mol. The van der Waals surface area contributed by atoms with Crippen molar-refractivity contribution >= 4 is 39.9 Å². The molecule has 0 unspecified atom stereocenters. The maximum atomic E-state index is 13.0. The van der Waals surface area contributed by atoms with E-state index in [1.807, 2.05) is 31.2 Å². The van der Waals surface area contributed by atoms with Gasteiger partial charge in [-0.15, -0.1) is 0 Å². The minimum absolute atomic E-state index is 0.132. The van der Waals surface area contributed by atoms with Crippen molar-refractivity contribution in [2.75, 3.05) is 6.61 Å². The topological polar surface area (TPSA) is 99.4 Å². The molecule has 0 saturated carbocycles. The molecule has 8 heteroatoms. The summed E-state index contributed by atoms with van der Waals surface area (Å²) in [5, 5.41) is 11.7. The Labute approximate surface area is 193 Å². The predicted molar refractivity (Wildman–Crippen MR) is 125 cm³/mol. The largest absolute Gasteiger partial charge is 0.454 e. The Morgan fingerprint density at radius 1 is 1.03 bits per heavy atom. The first-order valence-corrected chi connectivity index (χ1v) is 10.3. The second-order valence-corrected chi connectivity index (χ2v) is 7.77. The number of rotatable bonds is 6. The van der Waals surface area contributed by atoms with E-state index in [0.717, 1.165) is 11.1 Å². The molecule has 0 atom stereocenters. The van der Waals surface area contributed by atoms with Gasteiger partial charge in [-0.05, 0) is 31.2 Å². The molecular weight excluding hydrogens is 444 g/mol. The van der Waals surface area contributed by atoms with Gasteiger partial charge in [-0.25, -0.2) is 9.78 Å². The molecule has 0 spiro atoms. The van der Waals surface area contributed by atoms with Crippen molar-refractivity contribution < 1.29 is 19.2 Å². The average Bonchev–Trinajstić information content (AvgIpc) is 2.82. The van der Waals surface area contributed by atoms with Gasteiger partial charge in [0.05, 0.1) is 26.7 Å². The van der Waals surface area contributed by atoms with Gasteiger partial charge < -0.3 is 4.74 Å². The molecule has 1 aromatic heterocycles. The number of Topliss-reactive ketones (excluding diaryl/α,β-unsaturated/α-hetero) is 1. The number of aromatic nitrogens is 1. The molecule has 0 bridgehead atoms. The highest BCUT2D eigenvalue weighted by Gasteiger charge is 2.19. The zero-order valence-electron chi connectivity index (χ0n) is 17.4. The van der Waals surface area contributed by atoms with Crippen molar-refractivity contribution in [1.82, 2.24) is 4.98 Å². The van der Waals surface area contributed by atoms with Gasteiger partial charge in [-0.3, -0.25) is 14.9 Å². The molecule has 33 heavy (non-hydrogen) atoms. The van der Waals surface area contributed by atoms with E-state index in [9.17, 15) is 19.7 Å². The molecule has 4 rings (SSSR count).